The van der Waals surface area contributed by atoms with Gasteiger partial charge in [0.2, 0.25) is 0 Å². The van der Waals surface area contributed by atoms with E-state index in [1.165, 1.54) is 38.5 Å². The van der Waals surface area contributed by atoms with Gasteiger partial charge >= 0.3 is 0 Å². The molecule has 4 radical (unpaired) electrons. The highest BCUT2D eigenvalue weighted by Gasteiger charge is 2.26. The van der Waals surface area contributed by atoms with Gasteiger partial charge in [-0.05, 0) is 18.3 Å². The average Bonchev–Trinajstić information content (AvgIpc) is 2.38. The summed E-state index contributed by atoms with van der Waals surface area (Å²) < 4.78 is 0. The minimum absolute atomic E-state index is 0.478. The van der Waals surface area contributed by atoms with Crippen molar-refractivity contribution in [3.05, 3.63) is 0 Å². The van der Waals surface area contributed by atoms with Gasteiger partial charge in [-0.25, -0.2) is 0 Å². The van der Waals surface area contributed by atoms with Gasteiger partial charge in [0.05, 0.1) is 15.7 Å². The number of hydrogen-bond donors (Lipinski definition) is 0. The van der Waals surface area contributed by atoms with Gasteiger partial charge in [0.15, 0.2) is 0 Å². The quantitative estimate of drug-likeness (QED) is 0.490. The van der Waals surface area contributed by atoms with E-state index in [9.17, 15) is 0 Å². The van der Waals surface area contributed by atoms with Crippen molar-refractivity contribution in [2.75, 3.05) is 0 Å². The highest BCUT2D eigenvalue weighted by atomic mass is 14.3. The zero-order valence-electron chi connectivity index (χ0n) is 11.3. The molecule has 0 spiro atoms. The maximum absolute atomic E-state index is 6.05. The second-order valence-corrected chi connectivity index (χ2v) is 6.19. The van der Waals surface area contributed by atoms with Gasteiger partial charge in [-0.1, -0.05) is 70.4 Å². The summed E-state index contributed by atoms with van der Waals surface area (Å²) in [5, 5.41) is -0.493. The standard InChI is InChI=1S/C14H26B2/c1-4-13(14(3,15)16)10-12-7-5-6-11(2)8-9-12/h11-13H,4-10H2,1-3H3. The van der Waals surface area contributed by atoms with Crippen LogP contribution in [0.25, 0.3) is 0 Å². The van der Waals surface area contributed by atoms with Crippen LogP contribution < -0.4 is 0 Å². The summed E-state index contributed by atoms with van der Waals surface area (Å²) in [6.07, 6.45) is 9.31. The molecule has 0 aromatic heterocycles. The van der Waals surface area contributed by atoms with Crippen LogP contribution in [0, 0.1) is 17.8 Å². The lowest BCUT2D eigenvalue weighted by atomic mass is 9.48. The first-order valence-corrected chi connectivity index (χ1v) is 7.01. The van der Waals surface area contributed by atoms with Gasteiger partial charge in [0.25, 0.3) is 0 Å². The summed E-state index contributed by atoms with van der Waals surface area (Å²) in [5.41, 5.74) is 0. The van der Waals surface area contributed by atoms with E-state index in [1.807, 2.05) is 6.92 Å². The molecule has 1 aliphatic rings. The molecule has 0 aromatic rings. The van der Waals surface area contributed by atoms with Crippen LogP contribution >= 0.6 is 0 Å². The Hall–Kier alpha value is 0.130. The van der Waals surface area contributed by atoms with Gasteiger partial charge < -0.3 is 0 Å². The van der Waals surface area contributed by atoms with Crippen molar-refractivity contribution in [3.63, 3.8) is 0 Å². The molecular formula is C14H26B2. The van der Waals surface area contributed by atoms with Crippen molar-refractivity contribution in [2.45, 2.75) is 70.9 Å². The molecule has 2 heteroatoms. The third-order valence-electron chi connectivity index (χ3n) is 4.37. The fourth-order valence-electron chi connectivity index (χ4n) is 3.06. The molecule has 88 valence electrons. The summed E-state index contributed by atoms with van der Waals surface area (Å²) in [4.78, 5) is 0. The highest BCUT2D eigenvalue weighted by Crippen LogP contribution is 2.39. The summed E-state index contributed by atoms with van der Waals surface area (Å²) in [6.45, 7) is 6.57. The molecule has 0 amide bonds. The van der Waals surface area contributed by atoms with Gasteiger partial charge in [0, 0.05) is 0 Å². The van der Waals surface area contributed by atoms with Crippen LogP contribution in [0.1, 0.15) is 65.7 Å². The fourth-order valence-corrected chi connectivity index (χ4v) is 3.06. The van der Waals surface area contributed by atoms with Crippen molar-refractivity contribution in [1.82, 2.24) is 0 Å². The van der Waals surface area contributed by atoms with Gasteiger partial charge in [-0.15, -0.1) is 0 Å². The third-order valence-corrected chi connectivity index (χ3v) is 4.37. The van der Waals surface area contributed by atoms with Crippen molar-refractivity contribution in [1.29, 1.82) is 0 Å². The van der Waals surface area contributed by atoms with Crippen molar-refractivity contribution in [3.8, 4) is 0 Å². The molecule has 0 saturated heterocycles. The summed E-state index contributed by atoms with van der Waals surface area (Å²) in [6, 6.07) is 0. The molecule has 3 unspecified atom stereocenters. The minimum atomic E-state index is -0.493. The Morgan fingerprint density at radius 2 is 1.88 bits per heavy atom. The molecule has 1 aliphatic carbocycles. The predicted molar refractivity (Wildman–Crippen MR) is 74.0 cm³/mol. The zero-order chi connectivity index (χ0) is 12.2. The van der Waals surface area contributed by atoms with E-state index < -0.39 is 5.21 Å². The van der Waals surface area contributed by atoms with Crippen LogP contribution in [0.5, 0.6) is 0 Å². The van der Waals surface area contributed by atoms with Crippen LogP contribution in [0.2, 0.25) is 5.21 Å². The zero-order valence-corrected chi connectivity index (χ0v) is 11.3. The van der Waals surface area contributed by atoms with Gasteiger partial charge in [-0.2, -0.15) is 0 Å². The Labute approximate surface area is 105 Å². The smallest absolute Gasteiger partial charge is 0.0620 e. The molecule has 1 rings (SSSR count). The molecule has 1 fully saturated rings. The van der Waals surface area contributed by atoms with Crippen LogP contribution in [-0.4, -0.2) is 15.7 Å². The van der Waals surface area contributed by atoms with E-state index in [2.05, 4.69) is 13.8 Å². The lowest BCUT2D eigenvalue weighted by Gasteiger charge is -2.33. The number of rotatable bonds is 4. The first kappa shape index (κ1) is 14.2. The van der Waals surface area contributed by atoms with E-state index in [4.69, 9.17) is 15.7 Å². The first-order valence-electron chi connectivity index (χ1n) is 7.01. The molecular weight excluding hydrogens is 190 g/mol. The maximum atomic E-state index is 6.05. The van der Waals surface area contributed by atoms with E-state index in [-0.39, 0.29) is 0 Å². The Kier molecular flexibility index (Phi) is 5.47. The molecule has 16 heavy (non-hydrogen) atoms. The molecule has 0 nitrogen and oxygen atoms in total. The number of hydrogen-bond acceptors (Lipinski definition) is 0. The van der Waals surface area contributed by atoms with Crippen molar-refractivity contribution >= 4 is 15.7 Å². The largest absolute Gasteiger partial charge is 0.0990 e. The molecule has 1 saturated carbocycles. The van der Waals surface area contributed by atoms with Crippen LogP contribution in [0.4, 0.5) is 0 Å². The van der Waals surface area contributed by atoms with E-state index in [0.717, 1.165) is 18.3 Å². The van der Waals surface area contributed by atoms with E-state index in [0.29, 0.717) is 5.92 Å². The van der Waals surface area contributed by atoms with E-state index in [1.54, 1.807) is 0 Å². The van der Waals surface area contributed by atoms with Crippen LogP contribution in [0.3, 0.4) is 0 Å². The topological polar surface area (TPSA) is 0 Å². The predicted octanol–water partition coefficient (Wildman–Crippen LogP) is 4.09. The Balaban J connectivity index is 2.45. The second kappa shape index (κ2) is 6.17. The summed E-state index contributed by atoms with van der Waals surface area (Å²) in [5.74, 6) is 2.26. The first-order chi connectivity index (χ1) is 7.43. The maximum Gasteiger partial charge on any atom is 0.0620 e. The van der Waals surface area contributed by atoms with Crippen molar-refractivity contribution in [2.24, 2.45) is 17.8 Å². The summed E-state index contributed by atoms with van der Waals surface area (Å²) in [7, 11) is 12.1. The lowest BCUT2D eigenvalue weighted by molar-refractivity contribution is 0.309. The second-order valence-electron chi connectivity index (χ2n) is 6.19. The normalized spacial score (nSPS) is 29.7. The van der Waals surface area contributed by atoms with Crippen molar-refractivity contribution < 1.29 is 0 Å². The molecule has 0 aliphatic heterocycles. The summed E-state index contributed by atoms with van der Waals surface area (Å²) >= 11 is 0. The lowest BCUT2D eigenvalue weighted by Crippen LogP contribution is -2.23. The van der Waals surface area contributed by atoms with Gasteiger partial charge in [0.1, 0.15) is 0 Å². The Morgan fingerprint density at radius 3 is 2.44 bits per heavy atom. The van der Waals surface area contributed by atoms with E-state index >= 15 is 0 Å². The SMILES string of the molecule is [B]C([B])(C)C(CC)CC1CCCC(C)CC1. The Bertz CT molecular complexity index is 195. The molecule has 0 N–H and O–H groups in total. The third kappa shape index (κ3) is 4.55. The molecule has 0 aromatic carbocycles. The fraction of sp³-hybridized carbons (Fsp3) is 1.00. The Morgan fingerprint density at radius 1 is 1.19 bits per heavy atom. The van der Waals surface area contributed by atoms with Crippen LogP contribution in [-0.2, 0) is 0 Å². The highest BCUT2D eigenvalue weighted by molar-refractivity contribution is 6.39. The van der Waals surface area contributed by atoms with Gasteiger partial charge in [-0.3, -0.25) is 0 Å². The average molecular weight is 216 g/mol. The monoisotopic (exact) mass is 216 g/mol. The minimum Gasteiger partial charge on any atom is -0.0990 e. The molecule has 0 bridgehead atoms. The van der Waals surface area contributed by atoms with Crippen LogP contribution in [0.15, 0.2) is 0 Å². The molecule has 0 heterocycles. The molecule has 3 atom stereocenters.